The summed E-state index contributed by atoms with van der Waals surface area (Å²) in [5.74, 6) is 0. The number of hydrogen-bond acceptors (Lipinski definition) is 3. The van der Waals surface area contributed by atoms with Crippen molar-refractivity contribution in [3.8, 4) is 0 Å². The molecule has 0 aromatic carbocycles. The van der Waals surface area contributed by atoms with Crippen molar-refractivity contribution in [3.63, 3.8) is 0 Å². The smallest absolute Gasteiger partial charge is 0.255 e. The molecule has 0 amide bonds. The maximum absolute atomic E-state index is 4.39. The van der Waals surface area contributed by atoms with Crippen LogP contribution in [0.25, 0.3) is 0 Å². The first-order valence-electron chi connectivity index (χ1n) is 7.46. The molecule has 3 N–H and O–H groups in total. The molecule has 11 heteroatoms. The van der Waals surface area contributed by atoms with Crippen LogP contribution in [0.15, 0.2) is 0 Å². The molecular weight excluding hydrogens is 563 g/mol. The summed E-state index contributed by atoms with van der Waals surface area (Å²) in [5, 5.41) is 22.5. The van der Waals surface area contributed by atoms with E-state index in [-0.39, 0.29) is 79.4 Å². The van der Waals surface area contributed by atoms with E-state index in [1.807, 2.05) is 20.8 Å². The van der Waals surface area contributed by atoms with Crippen LogP contribution in [-0.2, 0) is 21.7 Å². The summed E-state index contributed by atoms with van der Waals surface area (Å²) in [6.07, 6.45) is 0. The average molecular weight is 587 g/mol. The van der Waals surface area contributed by atoms with Gasteiger partial charge in [0.2, 0.25) is 0 Å². The van der Waals surface area contributed by atoms with Crippen molar-refractivity contribution in [2.75, 3.05) is 0 Å². The van der Waals surface area contributed by atoms with E-state index in [2.05, 4.69) is 51.4 Å². The molecule has 0 radical (unpaired) electrons. The minimum absolute atomic E-state index is 0. The number of halogens is 3. The molecule has 0 aliphatic rings. The number of rotatable bonds is 3. The first-order chi connectivity index (χ1) is 10.4. The first-order valence-corrected chi connectivity index (χ1v) is 7.46. The van der Waals surface area contributed by atoms with Gasteiger partial charge in [0.05, 0.1) is 17.1 Å². The molecule has 0 atom stereocenters. The Kier molecular flexibility index (Phi) is 11.9. The molecule has 0 aliphatic carbocycles. The zero-order chi connectivity index (χ0) is 16.0. The minimum atomic E-state index is 0. The molecule has 6 nitrogen and oxygen atoms in total. The Hall–Kier alpha value is -0.151. The summed E-state index contributed by atoms with van der Waals surface area (Å²) in [7, 11) is 0. The number of hydrogen-bond donors (Lipinski definition) is 3. The maximum Gasteiger partial charge on any atom is 0.255 e. The zero-order valence-corrected chi connectivity index (χ0v) is 22.3. The van der Waals surface area contributed by atoms with E-state index in [4.69, 9.17) is 0 Å². The molecule has 26 heavy (non-hydrogen) atoms. The molecule has 3 aromatic rings. The molecule has 0 aliphatic heterocycles. The van der Waals surface area contributed by atoms with Gasteiger partial charge in [-0.2, -0.15) is 15.3 Å². The van der Waals surface area contributed by atoms with E-state index in [1.165, 1.54) is 16.4 Å². The van der Waals surface area contributed by atoms with E-state index < -0.39 is 0 Å². The number of aromatic amines is 3. The molecule has 3 aromatic heterocycles. The predicted molar refractivity (Wildman–Crippen MR) is 120 cm³/mol. The van der Waals surface area contributed by atoms with Gasteiger partial charge in [0, 0.05) is 38.8 Å². The van der Waals surface area contributed by atoms with E-state index in [0.29, 0.717) is 0 Å². The van der Waals surface area contributed by atoms with Crippen molar-refractivity contribution >= 4 is 74.0 Å². The average Bonchev–Trinajstić information content (AvgIpc) is 3.08. The number of H-pyrrole nitrogens is 3. The third-order valence-corrected chi connectivity index (χ3v) is 4.42. The van der Waals surface area contributed by atoms with Crippen molar-refractivity contribution < 1.29 is 21.7 Å². The van der Waals surface area contributed by atoms with Gasteiger partial charge in [-0.1, -0.05) is 0 Å². The van der Waals surface area contributed by atoms with Crippen LogP contribution in [-0.4, -0.2) is 37.3 Å². The van der Waals surface area contributed by atoms with Crippen LogP contribution in [0.5, 0.6) is 0 Å². The van der Waals surface area contributed by atoms with Crippen molar-refractivity contribution in [1.82, 2.24) is 30.6 Å². The van der Waals surface area contributed by atoms with E-state index in [0.717, 1.165) is 34.2 Å². The predicted octanol–water partition coefficient (Wildman–Crippen LogP) is 1.95. The van der Waals surface area contributed by atoms with Crippen LogP contribution in [0.4, 0.5) is 0 Å². The minimum Gasteiger partial charge on any atom is -0.283 e. The molecule has 0 bridgehead atoms. The molecule has 0 saturated heterocycles. The van der Waals surface area contributed by atoms with Crippen LogP contribution >= 0.6 is 50.9 Å². The molecule has 3 heterocycles. The summed E-state index contributed by atoms with van der Waals surface area (Å²) in [5.41, 5.74) is 9.93. The van der Waals surface area contributed by atoms with Gasteiger partial charge in [0.25, 0.3) is 6.71 Å². The third kappa shape index (κ3) is 4.82. The third-order valence-electron chi connectivity index (χ3n) is 4.42. The monoisotopic (exact) mass is 584 g/mol. The van der Waals surface area contributed by atoms with Gasteiger partial charge in [-0.05, 0) is 57.9 Å². The Morgan fingerprint density at radius 3 is 0.923 bits per heavy atom. The topological polar surface area (TPSA) is 86.0 Å². The maximum atomic E-state index is 4.39. The second-order valence-electron chi connectivity index (χ2n) is 5.98. The van der Waals surface area contributed by atoms with Crippen LogP contribution < -0.4 is 16.4 Å². The normalized spacial score (nSPS) is 9.46. The quantitative estimate of drug-likeness (QED) is 0.411. The van der Waals surface area contributed by atoms with Crippen molar-refractivity contribution in [2.45, 2.75) is 41.5 Å². The zero-order valence-electron chi connectivity index (χ0n) is 15.6. The Morgan fingerprint density at radius 1 is 0.538 bits per heavy atom. The number of aromatic nitrogens is 6. The fourth-order valence-corrected chi connectivity index (χ4v) is 3.39. The molecule has 0 saturated carbocycles. The molecule has 3 rings (SSSR count). The fraction of sp³-hybridized carbons (Fsp3) is 0.400. The first kappa shape index (κ1) is 28.1. The Balaban J connectivity index is 0. The van der Waals surface area contributed by atoms with Gasteiger partial charge in [-0.25, -0.2) is 0 Å². The molecule has 142 valence electrons. The molecule has 0 spiro atoms. The SMILES string of the molecule is Br.Br.Br.Cc1n[nH]c(C)c1B(c1c(C)n[nH]c1C)c1c(C)n[nH]c1C.[Ti]. The number of aryl methyl sites for hydroxylation is 6. The van der Waals surface area contributed by atoms with Gasteiger partial charge < -0.3 is 0 Å². The van der Waals surface area contributed by atoms with Crippen LogP contribution in [0.3, 0.4) is 0 Å². The second kappa shape index (κ2) is 11.0. The number of nitrogens with zero attached hydrogens (tertiary/aromatic N) is 3. The number of nitrogens with one attached hydrogen (secondary N) is 3. The molecular formula is C15H24BBr3N6Ti. The van der Waals surface area contributed by atoms with Crippen molar-refractivity contribution in [3.05, 3.63) is 34.2 Å². The van der Waals surface area contributed by atoms with E-state index >= 15 is 0 Å². The van der Waals surface area contributed by atoms with Crippen molar-refractivity contribution in [1.29, 1.82) is 0 Å². The van der Waals surface area contributed by atoms with Crippen molar-refractivity contribution in [2.24, 2.45) is 0 Å². The summed E-state index contributed by atoms with van der Waals surface area (Å²) in [4.78, 5) is 0. The summed E-state index contributed by atoms with van der Waals surface area (Å²) in [6, 6.07) is 0. The Morgan fingerprint density at radius 2 is 0.769 bits per heavy atom. The van der Waals surface area contributed by atoms with E-state index in [1.54, 1.807) is 0 Å². The summed E-state index contributed by atoms with van der Waals surface area (Å²) >= 11 is 0. The Bertz CT molecular complexity index is 676. The van der Waals surface area contributed by atoms with E-state index in [9.17, 15) is 0 Å². The molecule has 0 fully saturated rings. The summed E-state index contributed by atoms with van der Waals surface area (Å²) in [6.45, 7) is 12.4. The van der Waals surface area contributed by atoms with Gasteiger partial charge in [-0.15, -0.1) is 50.9 Å². The van der Waals surface area contributed by atoms with Gasteiger partial charge >= 0.3 is 0 Å². The summed E-state index contributed by atoms with van der Waals surface area (Å²) < 4.78 is 0. The van der Waals surface area contributed by atoms with Gasteiger partial charge in [-0.3, -0.25) is 15.3 Å². The van der Waals surface area contributed by atoms with Crippen LogP contribution in [0.2, 0.25) is 0 Å². The molecule has 0 unspecified atom stereocenters. The Labute approximate surface area is 200 Å². The van der Waals surface area contributed by atoms with Gasteiger partial charge in [0.15, 0.2) is 0 Å². The largest absolute Gasteiger partial charge is 0.283 e. The second-order valence-corrected chi connectivity index (χ2v) is 5.98. The standard InChI is InChI=1S/C15H21BN6.3BrH.Ti/c1-7-13(8(2)18-17-7)16(14-9(3)19-20-10(14)4)15-11(5)21-22-12(15)6;;;;/h1-6H3,(H,17,18)(H,19,20)(H,21,22);3*1H;. The van der Waals surface area contributed by atoms with Crippen LogP contribution in [0, 0.1) is 41.5 Å². The van der Waals surface area contributed by atoms with Crippen LogP contribution in [0.1, 0.15) is 34.2 Å². The fourth-order valence-electron chi connectivity index (χ4n) is 3.39. The van der Waals surface area contributed by atoms with Gasteiger partial charge in [0.1, 0.15) is 0 Å².